The number of benzene rings is 1. The highest BCUT2D eigenvalue weighted by molar-refractivity contribution is 5.76. The van der Waals surface area contributed by atoms with Gasteiger partial charge in [0.1, 0.15) is 5.75 Å². The fourth-order valence-electron chi connectivity index (χ4n) is 2.35. The summed E-state index contributed by atoms with van der Waals surface area (Å²) >= 11 is 0. The Kier molecular flexibility index (Phi) is 5.97. The van der Waals surface area contributed by atoms with Gasteiger partial charge >= 0.3 is 0 Å². The standard InChI is InChI=1S/C18H23N3O2/c1-21(12-9-14-7-10-20-11-8-14)18(22)6-4-15-3-5-17(23-2)16(19)13-15/h3,5,7-8,10-11,13H,4,6,9,12,19H2,1-2H3. The highest BCUT2D eigenvalue weighted by atomic mass is 16.5. The molecule has 5 nitrogen and oxygen atoms in total. The summed E-state index contributed by atoms with van der Waals surface area (Å²) in [4.78, 5) is 18.0. The van der Waals surface area contributed by atoms with Gasteiger partial charge in [0.2, 0.25) is 5.91 Å². The lowest BCUT2D eigenvalue weighted by molar-refractivity contribution is -0.129. The number of rotatable bonds is 7. The quantitative estimate of drug-likeness (QED) is 0.796. The maximum atomic E-state index is 12.2. The molecule has 23 heavy (non-hydrogen) atoms. The second-order valence-corrected chi connectivity index (χ2v) is 5.50. The van der Waals surface area contributed by atoms with Crippen LogP contribution in [-0.4, -0.2) is 36.5 Å². The lowest BCUT2D eigenvalue weighted by Gasteiger charge is -2.17. The van der Waals surface area contributed by atoms with Crippen molar-refractivity contribution in [1.29, 1.82) is 0 Å². The van der Waals surface area contributed by atoms with Crippen LogP contribution >= 0.6 is 0 Å². The third kappa shape index (κ3) is 4.98. The maximum absolute atomic E-state index is 12.2. The van der Waals surface area contributed by atoms with Gasteiger partial charge in [-0.25, -0.2) is 0 Å². The highest BCUT2D eigenvalue weighted by Crippen LogP contribution is 2.22. The number of ether oxygens (including phenoxy) is 1. The van der Waals surface area contributed by atoms with Gasteiger partial charge in [-0.05, 0) is 48.2 Å². The normalized spacial score (nSPS) is 10.3. The summed E-state index contributed by atoms with van der Waals surface area (Å²) in [6, 6.07) is 9.59. The minimum Gasteiger partial charge on any atom is -0.495 e. The molecule has 2 N–H and O–H groups in total. The van der Waals surface area contributed by atoms with Crippen LogP contribution in [0.1, 0.15) is 17.5 Å². The van der Waals surface area contributed by atoms with E-state index in [4.69, 9.17) is 10.5 Å². The van der Waals surface area contributed by atoms with Crippen molar-refractivity contribution in [3.05, 3.63) is 53.9 Å². The Balaban J connectivity index is 1.80. The van der Waals surface area contributed by atoms with Crippen molar-refractivity contribution in [3.8, 4) is 5.75 Å². The SMILES string of the molecule is COc1ccc(CCC(=O)N(C)CCc2ccncc2)cc1N. The molecule has 122 valence electrons. The van der Waals surface area contributed by atoms with Crippen LogP contribution in [-0.2, 0) is 17.6 Å². The van der Waals surface area contributed by atoms with Gasteiger partial charge in [-0.1, -0.05) is 6.07 Å². The van der Waals surface area contributed by atoms with E-state index in [-0.39, 0.29) is 5.91 Å². The van der Waals surface area contributed by atoms with E-state index in [0.29, 0.717) is 30.8 Å². The van der Waals surface area contributed by atoms with Crippen LogP contribution < -0.4 is 10.5 Å². The number of hydrogen-bond acceptors (Lipinski definition) is 4. The Hall–Kier alpha value is -2.56. The van der Waals surface area contributed by atoms with Crippen LogP contribution in [0.2, 0.25) is 0 Å². The topological polar surface area (TPSA) is 68.5 Å². The van der Waals surface area contributed by atoms with Crippen LogP contribution in [0.4, 0.5) is 5.69 Å². The van der Waals surface area contributed by atoms with Crippen molar-refractivity contribution in [2.24, 2.45) is 0 Å². The fraction of sp³-hybridized carbons (Fsp3) is 0.333. The molecule has 0 fully saturated rings. The summed E-state index contributed by atoms with van der Waals surface area (Å²) in [5, 5.41) is 0. The van der Waals surface area contributed by atoms with E-state index in [0.717, 1.165) is 12.0 Å². The van der Waals surface area contributed by atoms with E-state index < -0.39 is 0 Å². The molecule has 0 radical (unpaired) electrons. The van der Waals surface area contributed by atoms with Crippen molar-refractivity contribution >= 4 is 11.6 Å². The van der Waals surface area contributed by atoms with Crippen molar-refractivity contribution in [3.63, 3.8) is 0 Å². The molecule has 0 saturated heterocycles. The number of pyridine rings is 1. The molecule has 0 aliphatic rings. The molecule has 1 heterocycles. The van der Waals surface area contributed by atoms with Crippen LogP contribution in [0.15, 0.2) is 42.7 Å². The first-order chi connectivity index (χ1) is 11.1. The van der Waals surface area contributed by atoms with E-state index in [9.17, 15) is 4.79 Å². The largest absolute Gasteiger partial charge is 0.495 e. The van der Waals surface area contributed by atoms with Crippen LogP contribution in [0, 0.1) is 0 Å². The smallest absolute Gasteiger partial charge is 0.222 e. The van der Waals surface area contributed by atoms with Crippen molar-refractivity contribution in [2.75, 3.05) is 26.4 Å². The number of carbonyl (C=O) groups excluding carboxylic acids is 1. The number of nitrogen functional groups attached to an aromatic ring is 1. The Morgan fingerprint density at radius 3 is 2.57 bits per heavy atom. The van der Waals surface area contributed by atoms with Gasteiger partial charge in [-0.3, -0.25) is 9.78 Å². The molecule has 0 spiro atoms. The summed E-state index contributed by atoms with van der Waals surface area (Å²) < 4.78 is 5.13. The van der Waals surface area contributed by atoms with Crippen LogP contribution in [0.5, 0.6) is 5.75 Å². The van der Waals surface area contributed by atoms with E-state index in [1.165, 1.54) is 5.56 Å². The molecule has 0 bridgehead atoms. The Morgan fingerprint density at radius 2 is 1.91 bits per heavy atom. The summed E-state index contributed by atoms with van der Waals surface area (Å²) in [6.07, 6.45) is 5.52. The average Bonchev–Trinajstić information content (AvgIpc) is 2.58. The summed E-state index contributed by atoms with van der Waals surface area (Å²) in [5.74, 6) is 0.794. The number of methoxy groups -OCH3 is 1. The lowest BCUT2D eigenvalue weighted by atomic mass is 10.1. The van der Waals surface area contributed by atoms with Gasteiger partial charge in [0.05, 0.1) is 12.8 Å². The van der Waals surface area contributed by atoms with Crippen molar-refractivity contribution < 1.29 is 9.53 Å². The molecule has 1 amide bonds. The van der Waals surface area contributed by atoms with Crippen LogP contribution in [0.25, 0.3) is 0 Å². The number of nitrogens with zero attached hydrogens (tertiary/aromatic N) is 2. The number of nitrogens with two attached hydrogens (primary N) is 1. The summed E-state index contributed by atoms with van der Waals surface area (Å²) in [7, 11) is 3.43. The molecule has 0 saturated carbocycles. The molecular formula is C18H23N3O2. The second-order valence-electron chi connectivity index (χ2n) is 5.50. The van der Waals surface area contributed by atoms with Gasteiger partial charge in [-0.15, -0.1) is 0 Å². The zero-order valence-corrected chi connectivity index (χ0v) is 13.7. The number of likely N-dealkylation sites (N-methyl/N-ethyl adjacent to an activating group) is 1. The molecule has 2 aromatic rings. The predicted molar refractivity (Wildman–Crippen MR) is 91.3 cm³/mol. The number of anilines is 1. The Labute approximate surface area is 137 Å². The number of aryl methyl sites for hydroxylation is 1. The van der Waals surface area contributed by atoms with E-state index in [1.807, 2.05) is 37.4 Å². The van der Waals surface area contributed by atoms with E-state index in [2.05, 4.69) is 4.98 Å². The molecule has 5 heteroatoms. The maximum Gasteiger partial charge on any atom is 0.222 e. The third-order valence-corrected chi connectivity index (χ3v) is 3.83. The minimum absolute atomic E-state index is 0.133. The van der Waals surface area contributed by atoms with Gasteiger partial charge in [0.15, 0.2) is 0 Å². The average molecular weight is 313 g/mol. The number of aromatic nitrogens is 1. The molecule has 1 aromatic heterocycles. The second kappa shape index (κ2) is 8.17. The molecular weight excluding hydrogens is 290 g/mol. The van der Waals surface area contributed by atoms with Gasteiger partial charge in [-0.2, -0.15) is 0 Å². The first-order valence-corrected chi connectivity index (χ1v) is 7.65. The molecule has 0 unspecified atom stereocenters. The first-order valence-electron chi connectivity index (χ1n) is 7.65. The van der Waals surface area contributed by atoms with Crippen molar-refractivity contribution in [1.82, 2.24) is 9.88 Å². The minimum atomic E-state index is 0.133. The predicted octanol–water partition coefficient (Wildman–Crippen LogP) is 2.31. The van der Waals surface area contributed by atoms with Crippen molar-refractivity contribution in [2.45, 2.75) is 19.3 Å². The zero-order chi connectivity index (χ0) is 16.7. The van der Waals surface area contributed by atoms with E-state index in [1.54, 1.807) is 24.4 Å². The molecule has 2 rings (SSSR count). The van der Waals surface area contributed by atoms with Gasteiger partial charge < -0.3 is 15.4 Å². The van der Waals surface area contributed by atoms with Crippen LogP contribution in [0.3, 0.4) is 0 Å². The third-order valence-electron chi connectivity index (χ3n) is 3.83. The summed E-state index contributed by atoms with van der Waals surface area (Å²) in [6.45, 7) is 0.702. The first kappa shape index (κ1) is 16.8. The van der Waals surface area contributed by atoms with Gasteiger partial charge in [0.25, 0.3) is 0 Å². The highest BCUT2D eigenvalue weighted by Gasteiger charge is 2.09. The summed E-state index contributed by atoms with van der Waals surface area (Å²) in [5.41, 5.74) is 8.71. The molecule has 0 aliphatic carbocycles. The van der Waals surface area contributed by atoms with E-state index >= 15 is 0 Å². The number of amides is 1. The monoisotopic (exact) mass is 313 g/mol. The zero-order valence-electron chi connectivity index (χ0n) is 13.7. The molecule has 0 atom stereocenters. The Bertz CT molecular complexity index is 644. The molecule has 0 aliphatic heterocycles. The fourth-order valence-corrected chi connectivity index (χ4v) is 2.35. The number of carbonyl (C=O) groups is 1. The van der Waals surface area contributed by atoms with Gasteiger partial charge in [0, 0.05) is 32.4 Å². The molecule has 1 aromatic carbocycles. The lowest BCUT2D eigenvalue weighted by Crippen LogP contribution is -2.29. The number of hydrogen-bond donors (Lipinski definition) is 1. The Morgan fingerprint density at radius 1 is 1.17 bits per heavy atom.